The molecule has 0 saturated carbocycles. The van der Waals surface area contributed by atoms with Gasteiger partial charge >= 0.3 is 0 Å². The molecule has 0 aliphatic carbocycles. The second-order valence-electron chi connectivity index (χ2n) is 5.11. The minimum atomic E-state index is -0.0605. The van der Waals surface area contributed by atoms with E-state index >= 15 is 0 Å². The number of hydrogen-bond donors (Lipinski definition) is 1. The molecule has 1 unspecified atom stereocenters. The first-order valence-electron chi connectivity index (χ1n) is 7.10. The van der Waals surface area contributed by atoms with Crippen molar-refractivity contribution in [3.05, 3.63) is 53.0 Å². The van der Waals surface area contributed by atoms with Crippen LogP contribution in [0.15, 0.2) is 40.9 Å². The van der Waals surface area contributed by atoms with Gasteiger partial charge in [-0.25, -0.2) is 0 Å². The average molecular weight is 304 g/mol. The summed E-state index contributed by atoms with van der Waals surface area (Å²) in [6, 6.07) is 9.75. The van der Waals surface area contributed by atoms with Crippen molar-refractivity contribution >= 4 is 22.6 Å². The Morgan fingerprint density at radius 2 is 2.24 bits per heavy atom. The summed E-state index contributed by atoms with van der Waals surface area (Å²) in [5.74, 6) is 0.838. The molecule has 21 heavy (non-hydrogen) atoms. The zero-order valence-electron chi connectivity index (χ0n) is 12.1. The fourth-order valence-corrected chi connectivity index (χ4v) is 2.64. The molecule has 3 rings (SSSR count). The van der Waals surface area contributed by atoms with Crippen molar-refractivity contribution in [3.63, 3.8) is 0 Å². The molecule has 110 valence electrons. The molecule has 2 aromatic heterocycles. The van der Waals surface area contributed by atoms with E-state index in [1.54, 1.807) is 4.68 Å². The lowest BCUT2D eigenvalue weighted by Crippen LogP contribution is -2.23. The van der Waals surface area contributed by atoms with Gasteiger partial charge in [0, 0.05) is 18.6 Å². The Bertz CT molecular complexity index is 747. The summed E-state index contributed by atoms with van der Waals surface area (Å²) < 4.78 is 7.78. The Hall–Kier alpha value is -1.78. The molecule has 5 heteroatoms. The fourth-order valence-electron chi connectivity index (χ4n) is 2.42. The maximum Gasteiger partial charge on any atom is 0.152 e. The monoisotopic (exact) mass is 303 g/mol. The van der Waals surface area contributed by atoms with Crippen LogP contribution in [0.5, 0.6) is 0 Å². The van der Waals surface area contributed by atoms with Gasteiger partial charge in [-0.1, -0.05) is 30.7 Å². The molecule has 0 aliphatic heterocycles. The van der Waals surface area contributed by atoms with Gasteiger partial charge in [0.15, 0.2) is 5.58 Å². The molecule has 3 aromatic rings. The molecule has 0 fully saturated rings. The van der Waals surface area contributed by atoms with E-state index in [0.717, 1.165) is 35.4 Å². The molecule has 0 saturated heterocycles. The number of rotatable bonds is 5. The number of furan rings is 1. The second kappa shape index (κ2) is 5.92. The SMILES string of the molecule is CCCNC(c1ccn(C)n1)c1cc2cccc(Cl)c2o1. The van der Waals surface area contributed by atoms with Crippen molar-refractivity contribution < 1.29 is 4.42 Å². The van der Waals surface area contributed by atoms with Crippen molar-refractivity contribution in [2.24, 2.45) is 7.05 Å². The van der Waals surface area contributed by atoms with Gasteiger partial charge in [0.2, 0.25) is 0 Å². The molecule has 2 heterocycles. The molecular weight excluding hydrogens is 286 g/mol. The van der Waals surface area contributed by atoms with Gasteiger partial charge in [-0.3, -0.25) is 4.68 Å². The van der Waals surface area contributed by atoms with E-state index in [-0.39, 0.29) is 6.04 Å². The van der Waals surface area contributed by atoms with Crippen molar-refractivity contribution in [3.8, 4) is 0 Å². The summed E-state index contributed by atoms with van der Waals surface area (Å²) in [5.41, 5.74) is 1.68. The van der Waals surface area contributed by atoms with Crippen LogP contribution in [0.3, 0.4) is 0 Å². The minimum absolute atomic E-state index is 0.0605. The van der Waals surface area contributed by atoms with Crippen LogP contribution >= 0.6 is 11.6 Å². The van der Waals surface area contributed by atoms with Crippen molar-refractivity contribution in [1.29, 1.82) is 0 Å². The van der Waals surface area contributed by atoms with Gasteiger partial charge in [-0.2, -0.15) is 5.10 Å². The number of nitrogens with zero attached hydrogens (tertiary/aromatic N) is 2. The standard InChI is InChI=1S/C16H18ClN3O/c1-3-8-18-15(13-7-9-20(2)19-13)14-10-11-5-4-6-12(17)16(11)21-14/h4-7,9-10,15,18H,3,8H2,1-2H3. The van der Waals surface area contributed by atoms with Crippen LogP contribution in [-0.4, -0.2) is 16.3 Å². The third-order valence-electron chi connectivity index (χ3n) is 3.43. The predicted molar refractivity (Wildman–Crippen MR) is 84.6 cm³/mol. The number of aromatic nitrogens is 2. The van der Waals surface area contributed by atoms with E-state index in [2.05, 4.69) is 17.3 Å². The molecular formula is C16H18ClN3O. The van der Waals surface area contributed by atoms with Crippen LogP contribution in [0.1, 0.15) is 30.8 Å². The van der Waals surface area contributed by atoms with E-state index in [4.69, 9.17) is 16.0 Å². The molecule has 1 aromatic carbocycles. The number of benzene rings is 1. The van der Waals surface area contributed by atoms with Crippen molar-refractivity contribution in [2.75, 3.05) is 6.54 Å². The molecule has 0 amide bonds. The van der Waals surface area contributed by atoms with Gasteiger partial charge in [-0.15, -0.1) is 0 Å². The normalized spacial score (nSPS) is 12.9. The number of para-hydroxylation sites is 1. The van der Waals surface area contributed by atoms with Crippen LogP contribution in [0.4, 0.5) is 0 Å². The molecule has 1 N–H and O–H groups in total. The van der Waals surface area contributed by atoms with E-state index in [9.17, 15) is 0 Å². The van der Waals surface area contributed by atoms with E-state index in [0.29, 0.717) is 5.02 Å². The molecule has 0 aliphatic rings. The highest BCUT2D eigenvalue weighted by molar-refractivity contribution is 6.34. The maximum atomic E-state index is 6.20. The van der Waals surface area contributed by atoms with Crippen molar-refractivity contribution in [2.45, 2.75) is 19.4 Å². The second-order valence-corrected chi connectivity index (χ2v) is 5.52. The quantitative estimate of drug-likeness (QED) is 0.777. The third kappa shape index (κ3) is 2.82. The summed E-state index contributed by atoms with van der Waals surface area (Å²) in [4.78, 5) is 0. The van der Waals surface area contributed by atoms with E-state index < -0.39 is 0 Å². The number of nitrogens with one attached hydrogen (secondary N) is 1. The van der Waals surface area contributed by atoms with Crippen LogP contribution in [-0.2, 0) is 7.05 Å². The topological polar surface area (TPSA) is 43.0 Å². The first kappa shape index (κ1) is 14.2. The minimum Gasteiger partial charge on any atom is -0.457 e. The summed E-state index contributed by atoms with van der Waals surface area (Å²) in [5, 5.41) is 9.62. The number of fused-ring (bicyclic) bond motifs is 1. The first-order valence-corrected chi connectivity index (χ1v) is 7.47. The van der Waals surface area contributed by atoms with Crippen LogP contribution in [0.2, 0.25) is 5.02 Å². The number of hydrogen-bond acceptors (Lipinski definition) is 3. The Kier molecular flexibility index (Phi) is 3.99. The molecule has 0 radical (unpaired) electrons. The largest absolute Gasteiger partial charge is 0.457 e. The van der Waals surface area contributed by atoms with Gasteiger partial charge < -0.3 is 9.73 Å². The zero-order valence-corrected chi connectivity index (χ0v) is 12.9. The van der Waals surface area contributed by atoms with E-state index in [1.807, 2.05) is 43.6 Å². The fraction of sp³-hybridized carbons (Fsp3) is 0.312. The maximum absolute atomic E-state index is 6.20. The number of aryl methyl sites for hydroxylation is 1. The van der Waals surface area contributed by atoms with Gasteiger partial charge in [0.1, 0.15) is 11.8 Å². The predicted octanol–water partition coefficient (Wildman–Crippen LogP) is 3.91. The summed E-state index contributed by atoms with van der Waals surface area (Å²) in [6.45, 7) is 3.03. The Morgan fingerprint density at radius 3 is 2.90 bits per heavy atom. The van der Waals surface area contributed by atoms with Gasteiger partial charge in [-0.05, 0) is 31.2 Å². The average Bonchev–Trinajstić information content (AvgIpc) is 3.07. The van der Waals surface area contributed by atoms with Gasteiger partial charge in [0.25, 0.3) is 0 Å². The van der Waals surface area contributed by atoms with Crippen LogP contribution < -0.4 is 5.32 Å². The smallest absolute Gasteiger partial charge is 0.152 e. The molecule has 0 bridgehead atoms. The third-order valence-corrected chi connectivity index (χ3v) is 3.73. The molecule has 1 atom stereocenters. The van der Waals surface area contributed by atoms with Gasteiger partial charge in [0.05, 0.1) is 10.7 Å². The lowest BCUT2D eigenvalue weighted by Gasteiger charge is -2.13. The highest BCUT2D eigenvalue weighted by Gasteiger charge is 2.20. The number of halogens is 1. The highest BCUT2D eigenvalue weighted by atomic mass is 35.5. The van der Waals surface area contributed by atoms with Crippen molar-refractivity contribution in [1.82, 2.24) is 15.1 Å². The molecule has 4 nitrogen and oxygen atoms in total. The zero-order chi connectivity index (χ0) is 14.8. The first-order chi connectivity index (χ1) is 10.2. The Balaban J connectivity index is 2.03. The van der Waals surface area contributed by atoms with Crippen LogP contribution in [0.25, 0.3) is 11.0 Å². The lowest BCUT2D eigenvalue weighted by atomic mass is 10.1. The van der Waals surface area contributed by atoms with Crippen LogP contribution in [0, 0.1) is 0 Å². The Labute approximate surface area is 128 Å². The highest BCUT2D eigenvalue weighted by Crippen LogP contribution is 2.31. The summed E-state index contributed by atoms with van der Waals surface area (Å²) in [7, 11) is 1.91. The lowest BCUT2D eigenvalue weighted by molar-refractivity contribution is 0.461. The molecule has 0 spiro atoms. The Morgan fingerprint density at radius 1 is 1.38 bits per heavy atom. The van der Waals surface area contributed by atoms with E-state index in [1.165, 1.54) is 0 Å². The summed E-state index contributed by atoms with van der Waals surface area (Å²) >= 11 is 6.20. The summed E-state index contributed by atoms with van der Waals surface area (Å²) in [6.07, 6.45) is 2.98.